The topological polar surface area (TPSA) is 42.6 Å². The van der Waals surface area contributed by atoms with Crippen LogP contribution in [0.25, 0.3) is 0 Å². The molecule has 14 heavy (non-hydrogen) atoms. The van der Waals surface area contributed by atoms with Gasteiger partial charge in [0.25, 0.3) is 0 Å². The fraction of sp³-hybridized carbons (Fsp3) is 0.600. The van der Waals surface area contributed by atoms with Crippen molar-refractivity contribution in [3.63, 3.8) is 0 Å². The first-order valence-corrected chi connectivity index (χ1v) is 5.57. The van der Waals surface area contributed by atoms with Gasteiger partial charge in [-0.3, -0.25) is 0 Å². The highest BCUT2D eigenvalue weighted by Gasteiger charge is 2.27. The maximum absolute atomic E-state index is 10.0. The number of ether oxygens (including phenoxy) is 1. The van der Waals surface area contributed by atoms with Gasteiger partial charge in [-0.2, -0.15) is 0 Å². The molecule has 2 heterocycles. The molecule has 2 atom stereocenters. The van der Waals surface area contributed by atoms with Gasteiger partial charge in [-0.05, 0) is 34.8 Å². The molecular weight excluding hydrogens is 248 g/mol. The first-order valence-electron chi connectivity index (χ1n) is 4.77. The zero-order valence-electron chi connectivity index (χ0n) is 7.78. The van der Waals surface area contributed by atoms with Crippen LogP contribution in [0.5, 0.6) is 0 Å². The van der Waals surface area contributed by atoms with Crippen molar-refractivity contribution in [1.82, 2.24) is 0 Å². The normalized spacial score (nSPS) is 24.9. The van der Waals surface area contributed by atoms with Crippen LogP contribution in [0.3, 0.4) is 0 Å². The molecule has 0 aromatic carbocycles. The average Bonchev–Trinajstić information content (AvgIpc) is 2.65. The van der Waals surface area contributed by atoms with Gasteiger partial charge in [0.15, 0.2) is 0 Å². The number of aliphatic hydroxyl groups is 1. The standard InChI is InChI=1S/C10H13BrO3/c11-8-3-5-14-10(8)9(12)7-2-1-4-13-6-7/h3,5,7,9,12H,1-2,4,6H2. The van der Waals surface area contributed by atoms with Crippen LogP contribution in [0.2, 0.25) is 0 Å². The van der Waals surface area contributed by atoms with Crippen molar-refractivity contribution in [2.45, 2.75) is 18.9 Å². The molecule has 0 amide bonds. The van der Waals surface area contributed by atoms with E-state index in [0.717, 1.165) is 23.9 Å². The molecule has 1 aromatic heterocycles. The summed E-state index contributed by atoms with van der Waals surface area (Å²) < 4.78 is 11.4. The second kappa shape index (κ2) is 4.47. The Morgan fingerprint density at radius 1 is 1.57 bits per heavy atom. The SMILES string of the molecule is OC(c1occc1Br)C1CCCOC1. The van der Waals surface area contributed by atoms with E-state index in [1.54, 1.807) is 12.3 Å². The lowest BCUT2D eigenvalue weighted by Gasteiger charge is -2.25. The Bertz CT molecular complexity index is 291. The van der Waals surface area contributed by atoms with Gasteiger partial charge in [-0.1, -0.05) is 0 Å². The Morgan fingerprint density at radius 3 is 3.00 bits per heavy atom. The Kier molecular flexibility index (Phi) is 3.26. The number of furan rings is 1. The van der Waals surface area contributed by atoms with Crippen molar-refractivity contribution in [3.05, 3.63) is 22.6 Å². The first kappa shape index (κ1) is 10.2. The smallest absolute Gasteiger partial charge is 0.146 e. The Balaban J connectivity index is 2.07. The average molecular weight is 261 g/mol. The Labute approximate surface area is 91.2 Å². The van der Waals surface area contributed by atoms with Gasteiger partial charge < -0.3 is 14.3 Å². The van der Waals surface area contributed by atoms with E-state index >= 15 is 0 Å². The van der Waals surface area contributed by atoms with Crippen LogP contribution in [0.1, 0.15) is 24.7 Å². The van der Waals surface area contributed by atoms with Gasteiger partial charge >= 0.3 is 0 Å². The van der Waals surface area contributed by atoms with Crippen molar-refractivity contribution in [3.8, 4) is 0 Å². The quantitative estimate of drug-likeness (QED) is 0.889. The highest BCUT2D eigenvalue weighted by molar-refractivity contribution is 9.10. The van der Waals surface area contributed by atoms with Crippen LogP contribution in [0, 0.1) is 5.92 Å². The lowest BCUT2D eigenvalue weighted by Crippen LogP contribution is -2.23. The molecule has 1 N–H and O–H groups in total. The Hall–Kier alpha value is -0.320. The molecule has 78 valence electrons. The van der Waals surface area contributed by atoms with E-state index in [9.17, 15) is 5.11 Å². The van der Waals surface area contributed by atoms with Crippen LogP contribution in [-0.2, 0) is 4.74 Å². The monoisotopic (exact) mass is 260 g/mol. The van der Waals surface area contributed by atoms with Gasteiger partial charge in [0.2, 0.25) is 0 Å². The fourth-order valence-electron chi connectivity index (χ4n) is 1.75. The first-order chi connectivity index (χ1) is 6.79. The van der Waals surface area contributed by atoms with E-state index in [1.807, 2.05) is 0 Å². The predicted molar refractivity (Wildman–Crippen MR) is 54.9 cm³/mol. The molecule has 2 rings (SSSR count). The van der Waals surface area contributed by atoms with Crippen LogP contribution < -0.4 is 0 Å². The summed E-state index contributed by atoms with van der Waals surface area (Å²) in [6, 6.07) is 1.79. The van der Waals surface area contributed by atoms with Gasteiger partial charge in [0.1, 0.15) is 11.9 Å². The van der Waals surface area contributed by atoms with Crippen LogP contribution in [0.4, 0.5) is 0 Å². The molecule has 1 aromatic rings. The number of hydrogen-bond acceptors (Lipinski definition) is 3. The summed E-state index contributed by atoms with van der Waals surface area (Å²) >= 11 is 3.34. The molecule has 4 heteroatoms. The van der Waals surface area contributed by atoms with Crippen LogP contribution in [0.15, 0.2) is 21.2 Å². The molecule has 1 aliphatic heterocycles. The number of hydrogen-bond donors (Lipinski definition) is 1. The molecular formula is C10H13BrO3. The molecule has 0 radical (unpaired) electrons. The predicted octanol–water partition coefficient (Wildman–Crippen LogP) is 2.50. The highest BCUT2D eigenvalue weighted by Crippen LogP contribution is 2.33. The summed E-state index contributed by atoms with van der Waals surface area (Å²) in [6.45, 7) is 1.43. The summed E-state index contributed by atoms with van der Waals surface area (Å²) in [5.41, 5.74) is 0. The van der Waals surface area contributed by atoms with E-state index in [4.69, 9.17) is 9.15 Å². The molecule has 2 unspecified atom stereocenters. The molecule has 0 spiro atoms. The van der Waals surface area contributed by atoms with E-state index in [1.165, 1.54) is 0 Å². The molecule has 1 saturated heterocycles. The summed E-state index contributed by atoms with van der Waals surface area (Å²) in [5, 5.41) is 10.0. The largest absolute Gasteiger partial charge is 0.465 e. The second-order valence-electron chi connectivity index (χ2n) is 3.55. The minimum Gasteiger partial charge on any atom is -0.465 e. The molecule has 3 nitrogen and oxygen atoms in total. The number of aliphatic hydroxyl groups excluding tert-OH is 1. The van der Waals surface area contributed by atoms with Gasteiger partial charge in [0, 0.05) is 12.5 Å². The van der Waals surface area contributed by atoms with Crippen molar-refractivity contribution in [1.29, 1.82) is 0 Å². The third kappa shape index (κ3) is 2.02. The highest BCUT2D eigenvalue weighted by atomic mass is 79.9. The summed E-state index contributed by atoms with van der Waals surface area (Å²) in [4.78, 5) is 0. The zero-order valence-corrected chi connectivity index (χ0v) is 9.37. The molecule has 0 saturated carbocycles. The van der Waals surface area contributed by atoms with Crippen LogP contribution in [-0.4, -0.2) is 18.3 Å². The minimum atomic E-state index is -0.556. The van der Waals surface area contributed by atoms with Crippen molar-refractivity contribution >= 4 is 15.9 Å². The van der Waals surface area contributed by atoms with E-state index in [2.05, 4.69) is 15.9 Å². The number of rotatable bonds is 2. The maximum atomic E-state index is 10.0. The summed E-state index contributed by atoms with van der Waals surface area (Å²) in [5.74, 6) is 0.770. The van der Waals surface area contributed by atoms with E-state index in [-0.39, 0.29) is 5.92 Å². The lowest BCUT2D eigenvalue weighted by molar-refractivity contribution is -0.0182. The number of halogens is 1. The zero-order chi connectivity index (χ0) is 9.97. The Morgan fingerprint density at radius 2 is 2.43 bits per heavy atom. The van der Waals surface area contributed by atoms with Gasteiger partial charge in [-0.25, -0.2) is 0 Å². The third-order valence-corrected chi connectivity index (χ3v) is 3.21. The van der Waals surface area contributed by atoms with E-state index < -0.39 is 6.10 Å². The van der Waals surface area contributed by atoms with Crippen molar-refractivity contribution < 1.29 is 14.3 Å². The van der Waals surface area contributed by atoms with E-state index in [0.29, 0.717) is 12.4 Å². The third-order valence-electron chi connectivity index (χ3n) is 2.56. The lowest BCUT2D eigenvalue weighted by atomic mass is 9.94. The fourth-order valence-corrected chi connectivity index (χ4v) is 2.18. The minimum absolute atomic E-state index is 0.159. The van der Waals surface area contributed by atoms with Crippen molar-refractivity contribution in [2.24, 2.45) is 5.92 Å². The van der Waals surface area contributed by atoms with Crippen LogP contribution >= 0.6 is 15.9 Å². The molecule has 0 aliphatic carbocycles. The van der Waals surface area contributed by atoms with Gasteiger partial charge in [-0.15, -0.1) is 0 Å². The summed E-state index contributed by atoms with van der Waals surface area (Å²) in [6.07, 6.45) is 3.03. The molecule has 0 bridgehead atoms. The molecule has 1 fully saturated rings. The molecule has 1 aliphatic rings. The van der Waals surface area contributed by atoms with Gasteiger partial charge in [0.05, 0.1) is 17.3 Å². The maximum Gasteiger partial charge on any atom is 0.146 e. The summed E-state index contributed by atoms with van der Waals surface area (Å²) in [7, 11) is 0. The van der Waals surface area contributed by atoms with Crippen molar-refractivity contribution in [2.75, 3.05) is 13.2 Å². The second-order valence-corrected chi connectivity index (χ2v) is 4.41.